The highest BCUT2D eigenvalue weighted by Gasteiger charge is 2.36. The second-order valence-electron chi connectivity index (χ2n) is 4.29. The number of nitrogens with zero attached hydrogens (tertiary/aromatic N) is 2. The molecule has 0 spiro atoms. The Hall–Kier alpha value is -2.00. The van der Waals surface area contributed by atoms with E-state index in [1.165, 1.54) is 0 Å². The molecule has 0 saturated heterocycles. The predicted molar refractivity (Wildman–Crippen MR) is 71.6 cm³/mol. The van der Waals surface area contributed by atoms with Gasteiger partial charge in [0.1, 0.15) is 6.04 Å². The first-order chi connectivity index (χ1) is 9.77. The van der Waals surface area contributed by atoms with Crippen LogP contribution in [0, 0.1) is 6.92 Å². The van der Waals surface area contributed by atoms with Crippen molar-refractivity contribution in [3.63, 3.8) is 0 Å². The molecule has 9 heteroatoms. The van der Waals surface area contributed by atoms with Gasteiger partial charge in [0.2, 0.25) is 16.0 Å². The van der Waals surface area contributed by atoms with Crippen molar-refractivity contribution < 1.29 is 18.0 Å². The maximum Gasteiger partial charge on any atom is 0.445 e. The zero-order chi connectivity index (χ0) is 15.6. The Morgan fingerprint density at radius 3 is 2.43 bits per heavy atom. The van der Waals surface area contributed by atoms with Gasteiger partial charge in [0.25, 0.3) is 0 Å². The van der Waals surface area contributed by atoms with Crippen molar-refractivity contribution in [3.8, 4) is 0 Å². The highest BCUT2D eigenvalue weighted by atomic mass is 32.1. The summed E-state index contributed by atoms with van der Waals surface area (Å²) < 4.78 is 37.1. The molecule has 0 radical (unpaired) electrons. The Morgan fingerprint density at radius 1 is 1.29 bits per heavy atom. The maximum absolute atomic E-state index is 12.4. The van der Waals surface area contributed by atoms with Gasteiger partial charge in [-0.05, 0) is 12.5 Å². The average molecular weight is 316 g/mol. The van der Waals surface area contributed by atoms with E-state index in [1.54, 1.807) is 24.3 Å². The van der Waals surface area contributed by atoms with Crippen LogP contribution >= 0.6 is 11.3 Å². The zero-order valence-corrected chi connectivity index (χ0v) is 11.6. The Kier molecular flexibility index (Phi) is 4.24. The lowest BCUT2D eigenvalue weighted by atomic mass is 10.1. The third-order valence-electron chi connectivity index (χ3n) is 2.62. The number of carbonyl (C=O) groups is 1. The van der Waals surface area contributed by atoms with Crippen LogP contribution in [0.15, 0.2) is 24.3 Å². The van der Waals surface area contributed by atoms with Crippen LogP contribution in [0.1, 0.15) is 22.2 Å². The van der Waals surface area contributed by atoms with Gasteiger partial charge in [0.15, 0.2) is 0 Å². The van der Waals surface area contributed by atoms with E-state index in [9.17, 15) is 18.0 Å². The lowest BCUT2D eigenvalue weighted by Crippen LogP contribution is -2.27. The first-order valence-electron chi connectivity index (χ1n) is 5.81. The minimum atomic E-state index is -4.58. The summed E-state index contributed by atoms with van der Waals surface area (Å²) in [5, 5.41) is 7.11. The molecule has 0 aliphatic heterocycles. The van der Waals surface area contributed by atoms with Gasteiger partial charge in [-0.15, -0.1) is 10.2 Å². The Labute approximate surface area is 122 Å². The fourth-order valence-electron chi connectivity index (χ4n) is 1.50. The van der Waals surface area contributed by atoms with E-state index in [1.807, 2.05) is 6.92 Å². The molecule has 0 aliphatic rings. The normalized spacial score (nSPS) is 13.0. The minimum Gasteiger partial charge on any atom is -0.316 e. The summed E-state index contributed by atoms with van der Waals surface area (Å²) in [5.74, 6) is -0.649. The van der Waals surface area contributed by atoms with Gasteiger partial charge in [-0.1, -0.05) is 41.2 Å². The van der Waals surface area contributed by atoms with Crippen LogP contribution in [0.5, 0.6) is 0 Å². The number of benzene rings is 1. The van der Waals surface area contributed by atoms with Crippen LogP contribution in [0.3, 0.4) is 0 Å². The summed E-state index contributed by atoms with van der Waals surface area (Å²) in [6.45, 7) is 1.88. The molecule has 1 unspecified atom stereocenters. The van der Waals surface area contributed by atoms with Gasteiger partial charge >= 0.3 is 6.18 Å². The fourth-order valence-corrected chi connectivity index (χ4v) is 2.11. The van der Waals surface area contributed by atoms with Gasteiger partial charge in [-0.25, -0.2) is 0 Å². The van der Waals surface area contributed by atoms with Crippen LogP contribution in [-0.2, 0) is 11.0 Å². The Bertz CT molecular complexity index is 639. The van der Waals surface area contributed by atoms with E-state index in [0.29, 0.717) is 5.56 Å². The molecule has 2 aromatic rings. The molecular weight excluding hydrogens is 305 g/mol. The van der Waals surface area contributed by atoms with Crippen molar-refractivity contribution in [1.29, 1.82) is 0 Å². The van der Waals surface area contributed by atoms with Crippen molar-refractivity contribution >= 4 is 22.4 Å². The molecule has 0 aliphatic carbocycles. The third kappa shape index (κ3) is 3.76. The molecule has 0 bridgehead atoms. The quantitative estimate of drug-likeness (QED) is 0.911. The molecule has 112 valence electrons. The molecule has 0 saturated carbocycles. The molecule has 1 atom stereocenters. The minimum absolute atomic E-state index is 0.241. The molecule has 0 fully saturated rings. The van der Waals surface area contributed by atoms with Crippen molar-refractivity contribution in [1.82, 2.24) is 10.2 Å². The summed E-state index contributed by atoms with van der Waals surface area (Å²) in [5.41, 5.74) is 7.31. The third-order valence-corrected chi connectivity index (χ3v) is 3.50. The fraction of sp³-hybridized carbons (Fsp3) is 0.250. The van der Waals surface area contributed by atoms with Crippen LogP contribution in [0.4, 0.5) is 18.3 Å². The van der Waals surface area contributed by atoms with Crippen molar-refractivity contribution in [2.45, 2.75) is 19.1 Å². The lowest BCUT2D eigenvalue weighted by Gasteiger charge is -2.11. The van der Waals surface area contributed by atoms with E-state index in [4.69, 9.17) is 5.73 Å². The second-order valence-corrected chi connectivity index (χ2v) is 5.27. The van der Waals surface area contributed by atoms with Gasteiger partial charge in [-0.2, -0.15) is 13.2 Å². The van der Waals surface area contributed by atoms with Crippen LogP contribution in [-0.4, -0.2) is 16.1 Å². The lowest BCUT2D eigenvalue weighted by molar-refractivity contribution is -0.138. The number of aryl methyl sites for hydroxylation is 1. The SMILES string of the molecule is Cc1ccc(C(N)C(=O)Nc2nnc(C(F)(F)F)s2)cc1. The van der Waals surface area contributed by atoms with E-state index in [-0.39, 0.29) is 16.5 Å². The summed E-state index contributed by atoms with van der Waals surface area (Å²) in [4.78, 5) is 11.9. The highest BCUT2D eigenvalue weighted by Crippen LogP contribution is 2.33. The smallest absolute Gasteiger partial charge is 0.316 e. The number of halogens is 3. The van der Waals surface area contributed by atoms with Gasteiger partial charge in [0.05, 0.1) is 0 Å². The van der Waals surface area contributed by atoms with Crippen LogP contribution in [0.2, 0.25) is 0 Å². The van der Waals surface area contributed by atoms with E-state index in [2.05, 4.69) is 15.5 Å². The molecule has 1 amide bonds. The van der Waals surface area contributed by atoms with E-state index >= 15 is 0 Å². The van der Waals surface area contributed by atoms with E-state index < -0.39 is 23.1 Å². The Morgan fingerprint density at radius 2 is 1.90 bits per heavy atom. The van der Waals surface area contributed by atoms with Crippen molar-refractivity contribution in [2.75, 3.05) is 5.32 Å². The molecule has 21 heavy (non-hydrogen) atoms. The van der Waals surface area contributed by atoms with Crippen LogP contribution in [0.25, 0.3) is 0 Å². The number of amides is 1. The average Bonchev–Trinajstić information content (AvgIpc) is 2.87. The van der Waals surface area contributed by atoms with Gasteiger partial charge < -0.3 is 5.73 Å². The molecule has 1 aromatic carbocycles. The second kappa shape index (κ2) is 5.78. The number of carbonyl (C=O) groups excluding carboxylic acids is 1. The zero-order valence-electron chi connectivity index (χ0n) is 10.8. The molecular formula is C12H11F3N4OS. The molecule has 5 nitrogen and oxygen atoms in total. The number of anilines is 1. The Balaban J connectivity index is 2.07. The number of rotatable bonds is 3. The largest absolute Gasteiger partial charge is 0.445 e. The van der Waals surface area contributed by atoms with Gasteiger partial charge in [0, 0.05) is 0 Å². The maximum atomic E-state index is 12.4. The van der Waals surface area contributed by atoms with Gasteiger partial charge in [-0.3, -0.25) is 10.1 Å². The monoisotopic (exact) mass is 316 g/mol. The summed E-state index contributed by atoms with van der Waals surface area (Å²) >= 11 is 0.248. The molecule has 3 N–H and O–H groups in total. The highest BCUT2D eigenvalue weighted by molar-refractivity contribution is 7.15. The van der Waals surface area contributed by atoms with Crippen molar-refractivity contribution in [2.24, 2.45) is 5.73 Å². The first kappa shape index (κ1) is 15.4. The number of aromatic nitrogens is 2. The summed E-state index contributed by atoms with van der Waals surface area (Å²) in [6, 6.07) is 5.94. The molecule has 1 heterocycles. The van der Waals surface area contributed by atoms with Crippen molar-refractivity contribution in [3.05, 3.63) is 40.4 Å². The standard InChI is InChI=1S/C12H11F3N4OS/c1-6-2-4-7(5-3-6)8(16)9(20)17-11-19-18-10(21-11)12(13,14)15/h2-5,8H,16H2,1H3,(H,17,19,20). The predicted octanol–water partition coefficient (Wildman–Crippen LogP) is 2.50. The first-order valence-corrected chi connectivity index (χ1v) is 6.63. The molecule has 1 aromatic heterocycles. The summed E-state index contributed by atoms with van der Waals surface area (Å²) in [6.07, 6.45) is -4.58. The summed E-state index contributed by atoms with van der Waals surface area (Å²) in [7, 11) is 0. The number of hydrogen-bond acceptors (Lipinski definition) is 5. The topological polar surface area (TPSA) is 80.9 Å². The number of nitrogens with two attached hydrogens (primary N) is 1. The number of hydrogen-bond donors (Lipinski definition) is 2. The number of alkyl halides is 3. The molecule has 2 rings (SSSR count). The van der Waals surface area contributed by atoms with Crippen LogP contribution < -0.4 is 11.1 Å². The number of nitrogens with one attached hydrogen (secondary N) is 1. The van der Waals surface area contributed by atoms with E-state index in [0.717, 1.165) is 5.56 Å².